The number of amides is 1. The number of fused-ring (bicyclic) bond motifs is 1. The molecule has 3 rings (SSSR count). The normalized spacial score (nSPS) is 27.9. The van der Waals surface area contributed by atoms with Gasteiger partial charge in [-0.1, -0.05) is 18.2 Å². The highest BCUT2D eigenvalue weighted by atomic mass is 16.4. The van der Waals surface area contributed by atoms with E-state index in [1.165, 1.54) is 0 Å². The third kappa shape index (κ3) is 2.48. The summed E-state index contributed by atoms with van der Waals surface area (Å²) >= 11 is 0. The number of hydrogen-bond donors (Lipinski definition) is 2. The van der Waals surface area contributed by atoms with Crippen molar-refractivity contribution < 1.29 is 14.7 Å². The molecule has 0 saturated carbocycles. The zero-order chi connectivity index (χ0) is 15.0. The molecule has 1 saturated heterocycles. The monoisotopic (exact) mass is 288 g/mol. The highest BCUT2D eigenvalue weighted by Crippen LogP contribution is 2.32. The molecule has 2 atom stereocenters. The van der Waals surface area contributed by atoms with E-state index < -0.39 is 11.4 Å². The van der Waals surface area contributed by atoms with Crippen molar-refractivity contribution in [2.24, 2.45) is 5.41 Å². The van der Waals surface area contributed by atoms with Crippen molar-refractivity contribution in [1.29, 1.82) is 0 Å². The summed E-state index contributed by atoms with van der Waals surface area (Å²) in [6.45, 7) is 2.68. The molecule has 5 heteroatoms. The van der Waals surface area contributed by atoms with Crippen molar-refractivity contribution in [3.63, 3.8) is 0 Å². The fourth-order valence-electron chi connectivity index (χ4n) is 3.27. The number of carboxylic acids is 1. The van der Waals surface area contributed by atoms with Gasteiger partial charge in [0.05, 0.1) is 5.41 Å². The van der Waals surface area contributed by atoms with Crippen molar-refractivity contribution in [3.8, 4) is 0 Å². The van der Waals surface area contributed by atoms with E-state index >= 15 is 0 Å². The summed E-state index contributed by atoms with van der Waals surface area (Å²) < 4.78 is 0. The summed E-state index contributed by atoms with van der Waals surface area (Å²) in [6, 6.07) is 7.64. The summed E-state index contributed by atoms with van der Waals surface area (Å²) in [5, 5.41) is 12.6. The van der Waals surface area contributed by atoms with E-state index in [1.54, 1.807) is 11.8 Å². The van der Waals surface area contributed by atoms with Crippen molar-refractivity contribution in [1.82, 2.24) is 4.90 Å². The Kier molecular flexibility index (Phi) is 3.35. The second-order valence-corrected chi connectivity index (χ2v) is 6.29. The van der Waals surface area contributed by atoms with Gasteiger partial charge < -0.3 is 15.3 Å². The van der Waals surface area contributed by atoms with Crippen LogP contribution in [0.3, 0.4) is 0 Å². The molecule has 112 valence electrons. The number of nitrogens with zero attached hydrogens (tertiary/aromatic N) is 1. The van der Waals surface area contributed by atoms with Gasteiger partial charge in [-0.15, -0.1) is 0 Å². The van der Waals surface area contributed by atoms with E-state index in [0.717, 1.165) is 17.7 Å². The van der Waals surface area contributed by atoms with Crippen LogP contribution in [0.15, 0.2) is 24.3 Å². The second kappa shape index (κ2) is 5.06. The molecule has 0 aliphatic carbocycles. The molecule has 2 aliphatic rings. The number of benzene rings is 1. The number of hydrogen-bond acceptors (Lipinski definition) is 3. The van der Waals surface area contributed by atoms with Crippen LogP contribution in [0, 0.1) is 5.41 Å². The molecule has 2 aliphatic heterocycles. The summed E-state index contributed by atoms with van der Waals surface area (Å²) in [7, 11) is 0. The van der Waals surface area contributed by atoms with E-state index in [2.05, 4.69) is 5.32 Å². The molecule has 0 spiro atoms. The van der Waals surface area contributed by atoms with Gasteiger partial charge in [-0.2, -0.15) is 0 Å². The van der Waals surface area contributed by atoms with Crippen LogP contribution in [-0.4, -0.2) is 41.0 Å². The molecular formula is C16H20N2O3. The van der Waals surface area contributed by atoms with E-state index in [-0.39, 0.29) is 11.9 Å². The molecular weight excluding hydrogens is 268 g/mol. The van der Waals surface area contributed by atoms with Gasteiger partial charge >= 0.3 is 5.97 Å². The van der Waals surface area contributed by atoms with E-state index in [1.807, 2.05) is 24.3 Å². The zero-order valence-electron chi connectivity index (χ0n) is 12.1. The number of likely N-dealkylation sites (tertiary alicyclic amines) is 1. The predicted octanol–water partition coefficient (Wildman–Crippen LogP) is 1.74. The van der Waals surface area contributed by atoms with Crippen molar-refractivity contribution in [2.45, 2.75) is 32.2 Å². The van der Waals surface area contributed by atoms with Crippen LogP contribution < -0.4 is 5.32 Å². The lowest BCUT2D eigenvalue weighted by molar-refractivity contribution is -0.153. The van der Waals surface area contributed by atoms with Crippen LogP contribution in [0.5, 0.6) is 0 Å². The Bertz CT molecular complexity index is 562. The van der Waals surface area contributed by atoms with Crippen LogP contribution in [0.1, 0.15) is 25.3 Å². The number of carbonyl (C=O) groups excluding carboxylic acids is 1. The average Bonchev–Trinajstić information content (AvgIpc) is 2.90. The van der Waals surface area contributed by atoms with E-state index in [4.69, 9.17) is 0 Å². The first-order valence-electron chi connectivity index (χ1n) is 7.36. The Labute approximate surface area is 123 Å². The molecule has 1 amide bonds. The Hall–Kier alpha value is -2.04. The number of para-hydroxylation sites is 1. The molecule has 0 radical (unpaired) electrons. The maximum absolute atomic E-state index is 12.6. The fourth-order valence-corrected chi connectivity index (χ4v) is 3.27. The standard InChI is InChI=1S/C16H20N2O3/c1-16(15(20)21)7-4-8-18(10-16)14(19)13-9-11-5-2-3-6-12(11)17-13/h2-3,5-6,13,17H,4,7-10H2,1H3,(H,20,21). The number of piperidine rings is 1. The SMILES string of the molecule is CC1(C(=O)O)CCCN(C(=O)C2Cc3ccccc3N2)C1. The Balaban J connectivity index is 1.71. The second-order valence-electron chi connectivity index (χ2n) is 6.29. The molecule has 0 bridgehead atoms. The molecule has 5 nitrogen and oxygen atoms in total. The largest absolute Gasteiger partial charge is 0.481 e. The van der Waals surface area contributed by atoms with Crippen molar-refractivity contribution in [3.05, 3.63) is 29.8 Å². The number of carboxylic acid groups (broad SMARTS) is 1. The van der Waals surface area contributed by atoms with E-state index in [9.17, 15) is 14.7 Å². The minimum Gasteiger partial charge on any atom is -0.481 e. The van der Waals surface area contributed by atoms with Crippen LogP contribution in [-0.2, 0) is 16.0 Å². The molecule has 0 aromatic heterocycles. The molecule has 1 aromatic rings. The highest BCUT2D eigenvalue weighted by Gasteiger charge is 2.41. The first kappa shape index (κ1) is 13.9. The number of rotatable bonds is 2. The Morgan fingerprint density at radius 2 is 2.14 bits per heavy atom. The quantitative estimate of drug-likeness (QED) is 0.869. The van der Waals surface area contributed by atoms with Crippen LogP contribution in [0.2, 0.25) is 0 Å². The minimum atomic E-state index is -0.820. The fraction of sp³-hybridized carbons (Fsp3) is 0.500. The molecule has 2 N–H and O–H groups in total. The molecule has 21 heavy (non-hydrogen) atoms. The predicted molar refractivity (Wildman–Crippen MR) is 79.1 cm³/mol. The molecule has 2 unspecified atom stereocenters. The maximum Gasteiger partial charge on any atom is 0.311 e. The lowest BCUT2D eigenvalue weighted by atomic mass is 9.82. The van der Waals surface area contributed by atoms with Crippen molar-refractivity contribution in [2.75, 3.05) is 18.4 Å². The van der Waals surface area contributed by atoms with Crippen LogP contribution in [0.4, 0.5) is 5.69 Å². The third-order valence-corrected chi connectivity index (χ3v) is 4.59. The van der Waals surface area contributed by atoms with Crippen LogP contribution >= 0.6 is 0 Å². The average molecular weight is 288 g/mol. The Morgan fingerprint density at radius 3 is 2.86 bits per heavy atom. The number of nitrogens with one attached hydrogen (secondary N) is 1. The zero-order valence-corrected chi connectivity index (χ0v) is 12.1. The maximum atomic E-state index is 12.6. The van der Waals surface area contributed by atoms with Gasteiger partial charge in [0.15, 0.2) is 0 Å². The first-order valence-corrected chi connectivity index (χ1v) is 7.36. The molecule has 2 heterocycles. The summed E-state index contributed by atoms with van der Waals surface area (Å²) in [5.41, 5.74) is 1.34. The molecule has 1 aromatic carbocycles. The smallest absolute Gasteiger partial charge is 0.311 e. The number of anilines is 1. The molecule has 1 fully saturated rings. The Morgan fingerprint density at radius 1 is 1.38 bits per heavy atom. The van der Waals surface area contributed by atoms with Gasteiger partial charge in [-0.25, -0.2) is 0 Å². The van der Waals surface area contributed by atoms with Gasteiger partial charge in [0.1, 0.15) is 6.04 Å². The minimum absolute atomic E-state index is 0.0124. The highest BCUT2D eigenvalue weighted by molar-refractivity contribution is 5.88. The lowest BCUT2D eigenvalue weighted by Crippen LogP contribution is -2.52. The summed E-state index contributed by atoms with van der Waals surface area (Å²) in [4.78, 5) is 25.7. The topological polar surface area (TPSA) is 69.6 Å². The van der Waals surface area contributed by atoms with Gasteiger partial charge in [0.25, 0.3) is 0 Å². The first-order chi connectivity index (χ1) is 9.99. The number of carbonyl (C=O) groups is 2. The third-order valence-electron chi connectivity index (χ3n) is 4.59. The van der Waals surface area contributed by atoms with E-state index in [0.29, 0.717) is 25.9 Å². The number of aliphatic carboxylic acids is 1. The van der Waals surface area contributed by atoms with Gasteiger partial charge in [-0.05, 0) is 31.4 Å². The van der Waals surface area contributed by atoms with Gasteiger partial charge in [-0.3, -0.25) is 9.59 Å². The van der Waals surface area contributed by atoms with Gasteiger partial charge in [0, 0.05) is 25.2 Å². The van der Waals surface area contributed by atoms with Gasteiger partial charge in [0.2, 0.25) is 5.91 Å². The van der Waals surface area contributed by atoms with Crippen LogP contribution in [0.25, 0.3) is 0 Å². The van der Waals surface area contributed by atoms with Crippen molar-refractivity contribution >= 4 is 17.6 Å². The summed E-state index contributed by atoms with van der Waals surface area (Å²) in [6.07, 6.45) is 2.05. The summed E-state index contributed by atoms with van der Waals surface area (Å²) in [5.74, 6) is -0.805. The lowest BCUT2D eigenvalue weighted by Gasteiger charge is -2.38.